The Morgan fingerprint density at radius 3 is 1.75 bits per heavy atom. The molecule has 1 aromatic rings. The molecule has 0 heterocycles. The van der Waals surface area contributed by atoms with Gasteiger partial charge in [0.05, 0.1) is 0 Å². The quantitative estimate of drug-likeness (QED) is 0.497. The van der Waals surface area contributed by atoms with E-state index in [1.54, 1.807) is 6.07 Å². The fourth-order valence-corrected chi connectivity index (χ4v) is 1.58. The normalized spacial score (nSPS) is 22.4. The first-order chi connectivity index (χ1) is 9.12. The van der Waals surface area contributed by atoms with Gasteiger partial charge < -0.3 is 0 Å². The molecule has 0 spiro atoms. The number of allylic oxidation sites excluding steroid dienone is 2. The minimum Gasteiger partial charge on any atom is -0.204 e. The molecule has 1 aromatic carbocycles. The van der Waals surface area contributed by atoms with Crippen LogP contribution in [-0.2, 0) is 0 Å². The van der Waals surface area contributed by atoms with Gasteiger partial charge in [-0.2, -0.15) is 26.3 Å². The summed E-state index contributed by atoms with van der Waals surface area (Å²) in [6, 6.07) is 7.15. The summed E-state index contributed by atoms with van der Waals surface area (Å²) in [6.07, 6.45) is 0. The number of alkyl halides is 6. The predicted octanol–water partition coefficient (Wildman–Crippen LogP) is 4.18. The topological polar surface area (TPSA) is 0 Å². The lowest BCUT2D eigenvalue weighted by molar-refractivity contribution is -0.267. The van der Waals surface area contributed by atoms with Crippen LogP contribution in [0.5, 0.6) is 0 Å². The van der Waals surface area contributed by atoms with Crippen molar-refractivity contribution in [2.75, 3.05) is 0 Å². The summed E-state index contributed by atoms with van der Waals surface area (Å²) < 4.78 is 91.0. The van der Waals surface area contributed by atoms with Crippen LogP contribution in [0.15, 0.2) is 41.7 Å². The molecular formula is C13H5F7. The van der Waals surface area contributed by atoms with Crippen molar-refractivity contribution >= 4 is 0 Å². The molecule has 7 heteroatoms. The van der Waals surface area contributed by atoms with Gasteiger partial charge >= 0.3 is 17.8 Å². The molecule has 0 atom stereocenters. The van der Waals surface area contributed by atoms with E-state index in [2.05, 4.69) is 0 Å². The van der Waals surface area contributed by atoms with E-state index in [-0.39, 0.29) is 5.56 Å². The van der Waals surface area contributed by atoms with Crippen molar-refractivity contribution in [1.29, 1.82) is 0 Å². The zero-order valence-corrected chi connectivity index (χ0v) is 9.53. The Morgan fingerprint density at radius 1 is 0.750 bits per heavy atom. The third-order valence-corrected chi connectivity index (χ3v) is 2.70. The molecule has 106 valence electrons. The van der Waals surface area contributed by atoms with Gasteiger partial charge in [-0.1, -0.05) is 30.0 Å². The molecule has 0 radical (unpaired) electrons. The minimum atomic E-state index is -5.84. The van der Waals surface area contributed by atoms with Crippen LogP contribution in [0.3, 0.4) is 0 Å². The minimum absolute atomic E-state index is 0.0992. The zero-order chi connectivity index (χ0) is 15.2. The summed E-state index contributed by atoms with van der Waals surface area (Å²) in [6.45, 7) is 0. The number of rotatable bonds is 0. The largest absolute Gasteiger partial charge is 0.383 e. The monoisotopic (exact) mass is 294 g/mol. The molecule has 1 aliphatic carbocycles. The van der Waals surface area contributed by atoms with Gasteiger partial charge in [-0.05, 0) is 12.1 Å². The summed E-state index contributed by atoms with van der Waals surface area (Å²) in [5.74, 6) is -16.3. The molecule has 0 fully saturated rings. The van der Waals surface area contributed by atoms with E-state index in [9.17, 15) is 30.7 Å². The molecule has 0 aliphatic heterocycles. The molecule has 0 unspecified atom stereocenters. The Balaban J connectivity index is 2.52. The molecule has 0 saturated heterocycles. The maximum Gasteiger partial charge on any atom is 0.383 e. The second-order valence-corrected chi connectivity index (χ2v) is 4.03. The molecule has 0 nitrogen and oxygen atoms in total. The van der Waals surface area contributed by atoms with Crippen molar-refractivity contribution in [3.63, 3.8) is 0 Å². The van der Waals surface area contributed by atoms with Gasteiger partial charge in [0.2, 0.25) is 0 Å². The Bertz CT molecular complexity index is 617. The zero-order valence-electron chi connectivity index (χ0n) is 9.53. The van der Waals surface area contributed by atoms with Gasteiger partial charge in [-0.25, -0.2) is 4.39 Å². The molecule has 0 N–H and O–H groups in total. The molecule has 0 amide bonds. The van der Waals surface area contributed by atoms with Gasteiger partial charge in [0.1, 0.15) is 5.57 Å². The van der Waals surface area contributed by atoms with Crippen molar-refractivity contribution in [2.45, 2.75) is 17.8 Å². The number of benzene rings is 1. The summed E-state index contributed by atoms with van der Waals surface area (Å²) in [5.41, 5.74) is -2.08. The Kier molecular flexibility index (Phi) is 3.08. The first-order valence-corrected chi connectivity index (χ1v) is 5.23. The second-order valence-electron chi connectivity index (χ2n) is 4.03. The molecule has 20 heavy (non-hydrogen) atoms. The van der Waals surface area contributed by atoms with Crippen LogP contribution in [0, 0.1) is 11.8 Å². The highest BCUT2D eigenvalue weighted by molar-refractivity contribution is 5.51. The van der Waals surface area contributed by atoms with Crippen LogP contribution in [0.4, 0.5) is 30.7 Å². The van der Waals surface area contributed by atoms with Crippen molar-refractivity contribution in [3.05, 3.63) is 47.3 Å². The summed E-state index contributed by atoms with van der Waals surface area (Å²) >= 11 is 0. The smallest absolute Gasteiger partial charge is 0.204 e. The van der Waals surface area contributed by atoms with Crippen LogP contribution in [-0.4, -0.2) is 17.8 Å². The SMILES string of the molecule is FC1=C(C#Cc2ccccc2)C(F)(F)C(F)(F)C1(F)F. The average molecular weight is 294 g/mol. The second kappa shape index (κ2) is 4.27. The van der Waals surface area contributed by atoms with Gasteiger partial charge in [0, 0.05) is 5.56 Å². The lowest BCUT2D eigenvalue weighted by Gasteiger charge is -2.23. The van der Waals surface area contributed by atoms with Crippen LogP contribution in [0.25, 0.3) is 0 Å². The molecule has 0 aromatic heterocycles. The van der Waals surface area contributed by atoms with E-state index in [4.69, 9.17) is 0 Å². The fraction of sp³-hybridized carbons (Fsp3) is 0.231. The lowest BCUT2D eigenvalue weighted by Crippen LogP contribution is -2.49. The average Bonchev–Trinajstić information content (AvgIpc) is 2.46. The van der Waals surface area contributed by atoms with E-state index in [0.29, 0.717) is 0 Å². The van der Waals surface area contributed by atoms with Gasteiger partial charge in [0.15, 0.2) is 5.83 Å². The van der Waals surface area contributed by atoms with Crippen LogP contribution in [0.1, 0.15) is 5.56 Å². The van der Waals surface area contributed by atoms with Crippen molar-refractivity contribution in [1.82, 2.24) is 0 Å². The van der Waals surface area contributed by atoms with Crippen molar-refractivity contribution < 1.29 is 30.7 Å². The van der Waals surface area contributed by atoms with E-state index in [0.717, 1.165) is 0 Å². The summed E-state index contributed by atoms with van der Waals surface area (Å²) in [5, 5.41) is 0. The lowest BCUT2D eigenvalue weighted by atomic mass is 10.1. The first kappa shape index (κ1) is 14.4. The van der Waals surface area contributed by atoms with E-state index in [1.807, 2.05) is 5.92 Å². The third kappa shape index (κ3) is 1.79. The summed E-state index contributed by atoms with van der Waals surface area (Å²) in [7, 11) is 0. The van der Waals surface area contributed by atoms with Crippen LogP contribution < -0.4 is 0 Å². The standard InChI is InChI=1S/C13H5F7/c14-10-9(7-6-8-4-2-1-3-5-8)11(15,16)13(19,20)12(10,17)18/h1-5H. The van der Waals surface area contributed by atoms with Gasteiger partial charge in [-0.15, -0.1) is 0 Å². The molecule has 2 rings (SSSR count). The van der Waals surface area contributed by atoms with E-state index in [1.165, 1.54) is 30.2 Å². The van der Waals surface area contributed by atoms with Crippen molar-refractivity contribution in [3.8, 4) is 11.8 Å². The van der Waals surface area contributed by atoms with Gasteiger partial charge in [0.25, 0.3) is 0 Å². The Labute approximate surface area is 108 Å². The highest BCUT2D eigenvalue weighted by atomic mass is 19.3. The number of halogens is 7. The Morgan fingerprint density at radius 2 is 1.30 bits per heavy atom. The third-order valence-electron chi connectivity index (χ3n) is 2.70. The number of hydrogen-bond donors (Lipinski definition) is 0. The molecule has 1 aliphatic rings. The maximum absolute atomic E-state index is 13.2. The number of hydrogen-bond acceptors (Lipinski definition) is 0. The van der Waals surface area contributed by atoms with Crippen LogP contribution in [0.2, 0.25) is 0 Å². The maximum atomic E-state index is 13.2. The Hall–Kier alpha value is -1.97. The highest BCUT2D eigenvalue weighted by Crippen LogP contribution is 2.59. The predicted molar refractivity (Wildman–Crippen MR) is 56.3 cm³/mol. The fourth-order valence-electron chi connectivity index (χ4n) is 1.58. The van der Waals surface area contributed by atoms with E-state index >= 15 is 0 Å². The van der Waals surface area contributed by atoms with E-state index < -0.39 is 29.2 Å². The van der Waals surface area contributed by atoms with Crippen LogP contribution >= 0.6 is 0 Å². The molecular weight excluding hydrogens is 289 g/mol. The van der Waals surface area contributed by atoms with Gasteiger partial charge in [-0.3, -0.25) is 0 Å². The molecule has 0 bridgehead atoms. The first-order valence-electron chi connectivity index (χ1n) is 5.23. The highest BCUT2D eigenvalue weighted by Gasteiger charge is 2.81. The van der Waals surface area contributed by atoms with Crippen molar-refractivity contribution in [2.24, 2.45) is 0 Å². The molecule has 0 saturated carbocycles. The summed E-state index contributed by atoms with van der Waals surface area (Å²) in [4.78, 5) is 0.